The van der Waals surface area contributed by atoms with Crippen molar-refractivity contribution in [2.45, 2.75) is 18.4 Å². The van der Waals surface area contributed by atoms with Gasteiger partial charge in [0, 0.05) is 6.54 Å². The fourth-order valence-electron chi connectivity index (χ4n) is 1.45. The number of hydrogen-bond donors (Lipinski definition) is 1. The molecule has 1 aliphatic rings. The highest BCUT2D eigenvalue weighted by Crippen LogP contribution is 2.20. The van der Waals surface area contributed by atoms with Crippen molar-refractivity contribution in [3.05, 3.63) is 0 Å². The Morgan fingerprint density at radius 2 is 2.50 bits per heavy atom. The van der Waals surface area contributed by atoms with Crippen molar-refractivity contribution in [1.29, 1.82) is 0 Å². The van der Waals surface area contributed by atoms with Crippen LogP contribution in [0.3, 0.4) is 0 Å². The third kappa shape index (κ3) is 2.53. The van der Waals surface area contributed by atoms with E-state index in [1.54, 1.807) is 0 Å². The van der Waals surface area contributed by atoms with Gasteiger partial charge in [0.25, 0.3) is 0 Å². The number of terminal acetylenes is 1. The zero-order valence-electron chi connectivity index (χ0n) is 7.70. The molecule has 1 fully saturated rings. The van der Waals surface area contributed by atoms with Crippen LogP contribution in [0.2, 0.25) is 0 Å². The molecule has 1 amide bonds. The molecule has 1 aliphatic heterocycles. The number of carbonyl (C=O) groups is 1. The molecule has 14 heavy (non-hydrogen) atoms. The lowest BCUT2D eigenvalue weighted by Crippen LogP contribution is -2.49. The Morgan fingerprint density at radius 3 is 3.07 bits per heavy atom. The third-order valence-electron chi connectivity index (χ3n) is 2.18. The van der Waals surface area contributed by atoms with Crippen LogP contribution < -0.4 is 0 Å². The second-order valence-electron chi connectivity index (χ2n) is 3.22. The number of carbonyl (C=O) groups excluding carboxylic acids is 1. The number of halogens is 1. The number of ether oxygens (including phenoxy) is 1. The second kappa shape index (κ2) is 4.54. The zero-order chi connectivity index (χ0) is 10.6. The monoisotopic (exact) mass is 217 g/mol. The van der Waals surface area contributed by atoms with Crippen LogP contribution >= 0.6 is 11.6 Å². The average Bonchev–Trinajstić information content (AvgIpc) is 2.18. The van der Waals surface area contributed by atoms with Crippen LogP contribution in [0.1, 0.15) is 12.8 Å². The average molecular weight is 218 g/mol. The highest BCUT2D eigenvalue weighted by atomic mass is 35.5. The predicted molar refractivity (Wildman–Crippen MR) is 51.8 cm³/mol. The van der Waals surface area contributed by atoms with Crippen molar-refractivity contribution in [2.24, 2.45) is 0 Å². The van der Waals surface area contributed by atoms with Crippen LogP contribution in [-0.2, 0) is 4.74 Å². The van der Waals surface area contributed by atoms with Crippen molar-refractivity contribution in [3.8, 4) is 12.3 Å². The van der Waals surface area contributed by atoms with E-state index in [0.29, 0.717) is 19.4 Å². The fraction of sp³-hybridized carbons (Fsp3) is 0.667. The lowest BCUT2D eigenvalue weighted by atomic mass is 9.94. The van der Waals surface area contributed by atoms with Crippen LogP contribution in [-0.4, -0.2) is 40.9 Å². The van der Waals surface area contributed by atoms with Gasteiger partial charge >= 0.3 is 6.09 Å². The number of aliphatic hydroxyl groups is 1. The summed E-state index contributed by atoms with van der Waals surface area (Å²) in [6.07, 6.45) is 5.81. The first kappa shape index (κ1) is 11.2. The first-order valence-corrected chi connectivity index (χ1v) is 4.82. The molecule has 1 atom stereocenters. The second-order valence-corrected chi connectivity index (χ2v) is 3.44. The number of rotatable bonds is 1. The predicted octanol–water partition coefficient (Wildman–Crippen LogP) is 0.779. The van der Waals surface area contributed by atoms with Crippen LogP contribution in [0.25, 0.3) is 0 Å². The minimum absolute atomic E-state index is 0.110. The quantitative estimate of drug-likeness (QED) is 0.522. The summed E-state index contributed by atoms with van der Waals surface area (Å²) in [6, 6.07) is -0.191. The lowest BCUT2D eigenvalue weighted by molar-refractivity contribution is 0.0142. The number of amides is 1. The molecule has 0 saturated carbocycles. The number of β-amino-alcohol motifs (C(OH)–C–C–N with tert-alkyl or cyclic N) is 1. The molecule has 78 valence electrons. The van der Waals surface area contributed by atoms with Crippen molar-refractivity contribution < 1.29 is 14.6 Å². The van der Waals surface area contributed by atoms with Crippen molar-refractivity contribution >= 4 is 17.7 Å². The van der Waals surface area contributed by atoms with Gasteiger partial charge in [-0.2, -0.15) is 0 Å². The SMILES string of the molecule is C#CC1(O)CCCN(C(=O)OCCl)C1. The van der Waals surface area contributed by atoms with Gasteiger partial charge in [0.15, 0.2) is 6.07 Å². The van der Waals surface area contributed by atoms with Gasteiger partial charge in [-0.3, -0.25) is 0 Å². The maximum Gasteiger partial charge on any atom is 0.411 e. The maximum atomic E-state index is 11.2. The topological polar surface area (TPSA) is 49.8 Å². The molecular weight excluding hydrogens is 206 g/mol. The number of piperidine rings is 1. The first-order chi connectivity index (χ1) is 6.61. The number of nitrogens with zero attached hydrogens (tertiary/aromatic N) is 1. The number of alkyl halides is 1. The van der Waals surface area contributed by atoms with E-state index in [4.69, 9.17) is 18.0 Å². The van der Waals surface area contributed by atoms with Gasteiger partial charge in [0.05, 0.1) is 6.54 Å². The highest BCUT2D eigenvalue weighted by molar-refractivity contribution is 6.17. The molecular formula is C9H12ClNO3. The molecule has 1 N–H and O–H groups in total. The van der Waals surface area contributed by atoms with Gasteiger partial charge in [0.1, 0.15) is 5.60 Å². The molecule has 0 aromatic heterocycles. The Balaban J connectivity index is 2.57. The van der Waals surface area contributed by atoms with Crippen LogP contribution in [0.4, 0.5) is 4.79 Å². The van der Waals surface area contributed by atoms with E-state index in [2.05, 4.69) is 10.7 Å². The minimum Gasteiger partial charge on any atom is -0.433 e. The standard InChI is InChI=1S/C9H12ClNO3/c1-2-9(13)4-3-5-11(6-9)8(12)14-7-10/h1,13H,3-7H2. The summed E-state index contributed by atoms with van der Waals surface area (Å²) in [5.74, 6) is 2.28. The molecule has 1 unspecified atom stereocenters. The van der Waals surface area contributed by atoms with Crippen molar-refractivity contribution in [2.75, 3.05) is 19.2 Å². The minimum atomic E-state index is -1.22. The molecule has 0 spiro atoms. The normalized spacial score (nSPS) is 26.8. The maximum absolute atomic E-state index is 11.2. The Kier molecular flexibility index (Phi) is 3.62. The molecule has 4 nitrogen and oxygen atoms in total. The van der Waals surface area contributed by atoms with Crippen LogP contribution in [0.5, 0.6) is 0 Å². The van der Waals surface area contributed by atoms with Gasteiger partial charge < -0.3 is 14.7 Å². The van der Waals surface area contributed by atoms with Gasteiger partial charge in [-0.05, 0) is 12.8 Å². The smallest absolute Gasteiger partial charge is 0.411 e. The molecule has 0 bridgehead atoms. The summed E-state index contributed by atoms with van der Waals surface area (Å²) in [4.78, 5) is 12.6. The van der Waals surface area contributed by atoms with Crippen molar-refractivity contribution in [3.63, 3.8) is 0 Å². The van der Waals surface area contributed by atoms with E-state index in [0.717, 1.165) is 0 Å². The highest BCUT2D eigenvalue weighted by Gasteiger charge is 2.33. The van der Waals surface area contributed by atoms with E-state index >= 15 is 0 Å². The molecule has 0 aromatic carbocycles. The van der Waals surface area contributed by atoms with Gasteiger partial charge in [-0.25, -0.2) is 4.79 Å². The van der Waals surface area contributed by atoms with E-state index < -0.39 is 11.7 Å². The molecule has 1 heterocycles. The number of hydrogen-bond acceptors (Lipinski definition) is 3. The van der Waals surface area contributed by atoms with Crippen LogP contribution in [0.15, 0.2) is 0 Å². The molecule has 1 rings (SSSR count). The van der Waals surface area contributed by atoms with Crippen LogP contribution in [0, 0.1) is 12.3 Å². The number of likely N-dealkylation sites (tertiary alicyclic amines) is 1. The Labute approximate surface area is 87.8 Å². The summed E-state index contributed by atoms with van der Waals surface area (Å²) in [7, 11) is 0. The summed E-state index contributed by atoms with van der Waals surface area (Å²) in [5.41, 5.74) is -1.22. The van der Waals surface area contributed by atoms with E-state index in [1.165, 1.54) is 4.90 Å². The van der Waals surface area contributed by atoms with Gasteiger partial charge in [-0.15, -0.1) is 6.42 Å². The van der Waals surface area contributed by atoms with Gasteiger partial charge in [0.2, 0.25) is 0 Å². The Morgan fingerprint density at radius 1 is 1.79 bits per heavy atom. The van der Waals surface area contributed by atoms with E-state index in [9.17, 15) is 9.90 Å². The first-order valence-electron chi connectivity index (χ1n) is 4.29. The lowest BCUT2D eigenvalue weighted by Gasteiger charge is -2.34. The Hall–Kier alpha value is -0.920. The Bertz CT molecular complexity index is 263. The molecule has 0 aromatic rings. The largest absolute Gasteiger partial charge is 0.433 e. The summed E-state index contributed by atoms with van der Waals surface area (Å²) >= 11 is 5.25. The zero-order valence-corrected chi connectivity index (χ0v) is 8.46. The van der Waals surface area contributed by atoms with E-state index in [1.807, 2.05) is 0 Å². The molecule has 0 radical (unpaired) electrons. The molecule has 1 saturated heterocycles. The van der Waals surface area contributed by atoms with Crippen molar-refractivity contribution in [1.82, 2.24) is 4.90 Å². The van der Waals surface area contributed by atoms with Gasteiger partial charge in [-0.1, -0.05) is 17.5 Å². The molecule has 5 heteroatoms. The summed E-state index contributed by atoms with van der Waals surface area (Å²) in [6.45, 7) is 0.652. The molecule has 0 aliphatic carbocycles. The summed E-state index contributed by atoms with van der Waals surface area (Å²) < 4.78 is 4.59. The summed E-state index contributed by atoms with van der Waals surface area (Å²) in [5, 5.41) is 9.75. The third-order valence-corrected chi connectivity index (χ3v) is 2.28. The fourth-order valence-corrected chi connectivity index (χ4v) is 1.54. The van der Waals surface area contributed by atoms with E-state index in [-0.39, 0.29) is 12.6 Å².